The number of ketones is 1. The molecule has 0 saturated carbocycles. The summed E-state index contributed by atoms with van der Waals surface area (Å²) in [6.45, 7) is 3.12. The highest BCUT2D eigenvalue weighted by Crippen LogP contribution is 2.28. The Kier molecular flexibility index (Phi) is 2.56. The second kappa shape index (κ2) is 3.47. The Labute approximate surface area is 76.6 Å². The van der Waals surface area contributed by atoms with Crippen LogP contribution < -0.4 is 0 Å². The summed E-state index contributed by atoms with van der Waals surface area (Å²) in [5, 5.41) is 18.7. The molecule has 3 nitrogen and oxygen atoms in total. The second-order valence-corrected chi connectivity index (χ2v) is 3.09. The first-order valence-electron chi connectivity index (χ1n) is 4.02. The Balaban J connectivity index is 3.17. The SMILES string of the molecule is CC(=O)Cc1c(O)ccc(O)c1C. The summed E-state index contributed by atoms with van der Waals surface area (Å²) in [5.41, 5.74) is 1.07. The average molecular weight is 180 g/mol. The molecule has 0 bridgehead atoms. The molecule has 70 valence electrons. The van der Waals surface area contributed by atoms with Crippen LogP contribution in [-0.4, -0.2) is 16.0 Å². The van der Waals surface area contributed by atoms with Gasteiger partial charge in [-0.1, -0.05) is 0 Å². The van der Waals surface area contributed by atoms with Gasteiger partial charge in [-0.3, -0.25) is 4.79 Å². The predicted molar refractivity (Wildman–Crippen MR) is 48.9 cm³/mol. The first kappa shape index (κ1) is 9.58. The molecule has 0 radical (unpaired) electrons. The number of carbonyl (C=O) groups excluding carboxylic acids is 1. The molecule has 1 aromatic carbocycles. The second-order valence-electron chi connectivity index (χ2n) is 3.09. The van der Waals surface area contributed by atoms with Crippen molar-refractivity contribution >= 4 is 5.78 Å². The van der Waals surface area contributed by atoms with Crippen LogP contribution in [0, 0.1) is 6.92 Å². The zero-order chi connectivity index (χ0) is 10.0. The summed E-state index contributed by atoms with van der Waals surface area (Å²) >= 11 is 0. The van der Waals surface area contributed by atoms with Crippen molar-refractivity contribution in [3.8, 4) is 11.5 Å². The molecular weight excluding hydrogens is 168 g/mol. The lowest BCUT2D eigenvalue weighted by atomic mass is 10.0. The lowest BCUT2D eigenvalue weighted by Gasteiger charge is -2.07. The lowest BCUT2D eigenvalue weighted by molar-refractivity contribution is -0.116. The molecule has 0 aromatic heterocycles. The minimum Gasteiger partial charge on any atom is -0.508 e. The van der Waals surface area contributed by atoms with Crippen LogP contribution >= 0.6 is 0 Å². The van der Waals surface area contributed by atoms with Gasteiger partial charge in [-0.25, -0.2) is 0 Å². The van der Waals surface area contributed by atoms with Crippen LogP contribution in [0.1, 0.15) is 18.1 Å². The fourth-order valence-corrected chi connectivity index (χ4v) is 1.20. The quantitative estimate of drug-likeness (QED) is 0.679. The average Bonchev–Trinajstić information content (AvgIpc) is 2.05. The number of benzene rings is 1. The normalized spacial score (nSPS) is 10.0. The highest BCUT2D eigenvalue weighted by atomic mass is 16.3. The van der Waals surface area contributed by atoms with Gasteiger partial charge in [0.2, 0.25) is 0 Å². The molecule has 0 saturated heterocycles. The molecule has 1 aromatic rings. The Bertz CT molecular complexity index is 342. The number of hydrogen-bond donors (Lipinski definition) is 2. The summed E-state index contributed by atoms with van der Waals surface area (Å²) in [6, 6.07) is 2.80. The van der Waals surface area contributed by atoms with Gasteiger partial charge in [-0.2, -0.15) is 0 Å². The van der Waals surface area contributed by atoms with Gasteiger partial charge >= 0.3 is 0 Å². The van der Waals surface area contributed by atoms with E-state index in [-0.39, 0.29) is 23.7 Å². The van der Waals surface area contributed by atoms with E-state index in [1.54, 1.807) is 6.92 Å². The van der Waals surface area contributed by atoms with E-state index in [2.05, 4.69) is 0 Å². The molecular formula is C10H12O3. The highest BCUT2D eigenvalue weighted by Gasteiger charge is 2.10. The molecule has 2 N–H and O–H groups in total. The van der Waals surface area contributed by atoms with Crippen molar-refractivity contribution in [2.45, 2.75) is 20.3 Å². The lowest BCUT2D eigenvalue weighted by Crippen LogP contribution is -1.99. The van der Waals surface area contributed by atoms with Crippen LogP contribution in [0.5, 0.6) is 11.5 Å². The van der Waals surface area contributed by atoms with E-state index >= 15 is 0 Å². The van der Waals surface area contributed by atoms with E-state index in [4.69, 9.17) is 0 Å². The van der Waals surface area contributed by atoms with Gasteiger partial charge in [-0.05, 0) is 31.5 Å². The third-order valence-corrected chi connectivity index (χ3v) is 1.97. The monoisotopic (exact) mass is 180 g/mol. The highest BCUT2D eigenvalue weighted by molar-refractivity contribution is 5.79. The van der Waals surface area contributed by atoms with Gasteiger partial charge in [0.15, 0.2) is 0 Å². The van der Waals surface area contributed by atoms with E-state index < -0.39 is 0 Å². The van der Waals surface area contributed by atoms with Gasteiger partial charge in [0.05, 0.1) is 0 Å². The van der Waals surface area contributed by atoms with Crippen molar-refractivity contribution in [2.75, 3.05) is 0 Å². The summed E-state index contributed by atoms with van der Waals surface area (Å²) in [5.74, 6) is 0.128. The number of carbonyl (C=O) groups is 1. The Morgan fingerprint density at radius 1 is 1.31 bits per heavy atom. The third-order valence-electron chi connectivity index (χ3n) is 1.97. The van der Waals surface area contributed by atoms with Crippen LogP contribution in [0.4, 0.5) is 0 Å². The van der Waals surface area contributed by atoms with Gasteiger partial charge in [-0.15, -0.1) is 0 Å². The minimum atomic E-state index is -0.0380. The van der Waals surface area contributed by atoms with E-state index in [0.29, 0.717) is 11.1 Å². The maximum atomic E-state index is 10.8. The molecule has 0 aliphatic carbocycles. The van der Waals surface area contributed by atoms with Crippen molar-refractivity contribution < 1.29 is 15.0 Å². The van der Waals surface area contributed by atoms with Crippen molar-refractivity contribution in [2.24, 2.45) is 0 Å². The summed E-state index contributed by atoms with van der Waals surface area (Å²) < 4.78 is 0. The van der Waals surface area contributed by atoms with E-state index in [9.17, 15) is 15.0 Å². The molecule has 0 aliphatic heterocycles. The minimum absolute atomic E-state index is 0.0380. The summed E-state index contributed by atoms with van der Waals surface area (Å²) in [4.78, 5) is 10.8. The zero-order valence-electron chi connectivity index (χ0n) is 7.66. The molecule has 3 heteroatoms. The van der Waals surface area contributed by atoms with Crippen molar-refractivity contribution in [1.29, 1.82) is 0 Å². The van der Waals surface area contributed by atoms with Gasteiger partial charge in [0, 0.05) is 12.0 Å². The fourth-order valence-electron chi connectivity index (χ4n) is 1.20. The van der Waals surface area contributed by atoms with Crippen LogP contribution in [0.2, 0.25) is 0 Å². The van der Waals surface area contributed by atoms with Gasteiger partial charge in [0.1, 0.15) is 17.3 Å². The van der Waals surface area contributed by atoms with Crippen LogP contribution in [0.15, 0.2) is 12.1 Å². The van der Waals surface area contributed by atoms with Gasteiger partial charge < -0.3 is 10.2 Å². The predicted octanol–water partition coefficient (Wildman–Crippen LogP) is 1.54. The third kappa shape index (κ3) is 1.99. The van der Waals surface area contributed by atoms with E-state index in [0.717, 1.165) is 0 Å². The van der Waals surface area contributed by atoms with Crippen molar-refractivity contribution in [3.05, 3.63) is 23.3 Å². The molecule has 0 atom stereocenters. The van der Waals surface area contributed by atoms with Crippen LogP contribution in [0.25, 0.3) is 0 Å². The summed E-state index contributed by atoms with van der Waals surface area (Å²) in [6.07, 6.45) is 0.159. The maximum Gasteiger partial charge on any atom is 0.134 e. The molecule has 0 unspecified atom stereocenters. The molecule has 0 amide bonds. The number of phenols is 2. The van der Waals surface area contributed by atoms with Gasteiger partial charge in [0.25, 0.3) is 0 Å². The maximum absolute atomic E-state index is 10.8. The number of rotatable bonds is 2. The summed E-state index contributed by atoms with van der Waals surface area (Å²) in [7, 11) is 0. The van der Waals surface area contributed by atoms with Crippen LogP contribution in [0.3, 0.4) is 0 Å². The van der Waals surface area contributed by atoms with Crippen LogP contribution in [-0.2, 0) is 11.2 Å². The number of hydrogen-bond acceptors (Lipinski definition) is 3. The number of phenolic OH excluding ortho intramolecular Hbond substituents is 2. The molecule has 13 heavy (non-hydrogen) atoms. The molecule has 0 aliphatic rings. The zero-order valence-corrected chi connectivity index (χ0v) is 7.66. The largest absolute Gasteiger partial charge is 0.508 e. The topological polar surface area (TPSA) is 57.5 Å². The van der Waals surface area contributed by atoms with E-state index in [1.807, 2.05) is 0 Å². The Morgan fingerprint density at radius 3 is 2.38 bits per heavy atom. The van der Waals surface area contributed by atoms with E-state index in [1.165, 1.54) is 19.1 Å². The molecule has 0 fully saturated rings. The van der Waals surface area contributed by atoms with Crippen molar-refractivity contribution in [1.82, 2.24) is 0 Å². The first-order valence-corrected chi connectivity index (χ1v) is 4.02. The number of Topliss-reactive ketones (excluding diaryl/α,β-unsaturated/α-hetero) is 1. The number of aromatic hydroxyl groups is 2. The smallest absolute Gasteiger partial charge is 0.134 e. The Hall–Kier alpha value is -1.51. The first-order chi connectivity index (χ1) is 6.02. The molecule has 0 heterocycles. The van der Waals surface area contributed by atoms with Crippen molar-refractivity contribution in [3.63, 3.8) is 0 Å². The fraction of sp³-hybridized carbons (Fsp3) is 0.300. The standard InChI is InChI=1S/C10H12O3/c1-6(11)5-8-7(2)9(12)3-4-10(8)13/h3-4,12-13H,5H2,1-2H3. The Morgan fingerprint density at radius 2 is 1.85 bits per heavy atom. The molecule has 1 rings (SSSR count). The molecule has 0 spiro atoms.